The normalized spacial score (nSPS) is 43.4. The molecule has 148 valence electrons. The molecule has 2 heteroatoms. The lowest BCUT2D eigenvalue weighted by molar-refractivity contribution is -0.117. The summed E-state index contributed by atoms with van der Waals surface area (Å²) in [5, 5.41) is 0. The van der Waals surface area contributed by atoms with E-state index in [1.165, 1.54) is 56.9 Å². The van der Waals surface area contributed by atoms with Crippen LogP contribution < -0.4 is 0 Å². The number of rotatable bonds is 5. The first-order chi connectivity index (χ1) is 13.0. The van der Waals surface area contributed by atoms with Gasteiger partial charge in [-0.2, -0.15) is 0 Å². The van der Waals surface area contributed by atoms with Crippen molar-refractivity contribution in [2.45, 2.75) is 103 Å². The molecule has 6 atom stereocenters. The van der Waals surface area contributed by atoms with Crippen LogP contribution in [-0.2, 0) is 9.53 Å². The largest absolute Gasteiger partial charge is 0.371 e. The van der Waals surface area contributed by atoms with Crippen LogP contribution in [-0.4, -0.2) is 17.5 Å². The highest BCUT2D eigenvalue weighted by Gasteiger charge is 2.75. The minimum absolute atomic E-state index is 0.194. The third-order valence-corrected chi connectivity index (χ3v) is 9.05. The monoisotopic (exact) mass is 368 g/mol. The summed E-state index contributed by atoms with van der Waals surface area (Å²) in [6.45, 7) is 7.16. The van der Waals surface area contributed by atoms with Crippen LogP contribution in [0.1, 0.15) is 91.4 Å². The Morgan fingerprint density at radius 1 is 1.26 bits per heavy atom. The molecule has 0 spiro atoms. The van der Waals surface area contributed by atoms with Crippen LogP contribution in [0.15, 0.2) is 22.8 Å². The van der Waals surface area contributed by atoms with Crippen molar-refractivity contribution in [3.05, 3.63) is 22.8 Å². The van der Waals surface area contributed by atoms with E-state index < -0.39 is 0 Å². The van der Waals surface area contributed by atoms with Crippen LogP contribution in [0.3, 0.4) is 0 Å². The Kier molecular flexibility index (Phi) is 4.24. The van der Waals surface area contributed by atoms with E-state index in [-0.39, 0.29) is 5.60 Å². The average Bonchev–Trinajstić information content (AvgIpc) is 3.29. The molecule has 0 aromatic carbocycles. The second-order valence-corrected chi connectivity index (χ2v) is 10.4. The Hall–Kier alpha value is -0.890. The topological polar surface area (TPSA) is 26.3 Å². The molecule has 5 aliphatic rings. The summed E-state index contributed by atoms with van der Waals surface area (Å²) in [5.74, 6) is 2.74. The maximum Gasteiger partial charge on any atom is 0.156 e. The highest BCUT2D eigenvalue weighted by Crippen LogP contribution is 2.75. The number of unbranched alkanes of at least 4 members (excludes halogenated alkanes) is 1. The SMILES string of the molecule is CCCCC(C)O[C@@]12C[C@@H]1C[C@H]1[C@@H]3CCC4=CC(=O)CCC4=C3CC[C@@]12C. The fourth-order valence-electron chi connectivity index (χ4n) is 7.59. The van der Waals surface area contributed by atoms with E-state index in [1.807, 2.05) is 6.08 Å². The molecule has 5 rings (SSSR count). The van der Waals surface area contributed by atoms with Crippen molar-refractivity contribution in [2.24, 2.45) is 23.2 Å². The van der Waals surface area contributed by atoms with Gasteiger partial charge in [-0.3, -0.25) is 4.79 Å². The van der Waals surface area contributed by atoms with Gasteiger partial charge in [0.25, 0.3) is 0 Å². The lowest BCUT2D eigenvalue weighted by Gasteiger charge is -2.51. The van der Waals surface area contributed by atoms with Crippen molar-refractivity contribution in [2.75, 3.05) is 0 Å². The van der Waals surface area contributed by atoms with Gasteiger partial charge in [0.1, 0.15) is 0 Å². The molecule has 2 nitrogen and oxygen atoms in total. The van der Waals surface area contributed by atoms with Crippen molar-refractivity contribution in [3.8, 4) is 0 Å². The highest BCUT2D eigenvalue weighted by molar-refractivity contribution is 5.93. The number of ketones is 1. The first kappa shape index (κ1) is 18.2. The summed E-state index contributed by atoms with van der Waals surface area (Å²) in [4.78, 5) is 11.9. The molecule has 0 bridgehead atoms. The lowest BCUT2D eigenvalue weighted by Crippen LogP contribution is -2.47. The van der Waals surface area contributed by atoms with Crippen molar-refractivity contribution < 1.29 is 9.53 Å². The zero-order valence-electron chi connectivity index (χ0n) is 17.5. The Balaban J connectivity index is 1.40. The first-order valence-corrected chi connectivity index (χ1v) is 11.6. The van der Waals surface area contributed by atoms with Gasteiger partial charge in [-0.15, -0.1) is 0 Å². The van der Waals surface area contributed by atoms with E-state index in [0.29, 0.717) is 17.3 Å². The molecular weight excluding hydrogens is 332 g/mol. The molecule has 0 amide bonds. The predicted molar refractivity (Wildman–Crippen MR) is 108 cm³/mol. The summed E-state index contributed by atoms with van der Waals surface area (Å²) in [7, 11) is 0. The smallest absolute Gasteiger partial charge is 0.156 e. The predicted octanol–water partition coefficient (Wildman–Crippen LogP) is 6.16. The molecule has 0 saturated heterocycles. The number of hydrogen-bond donors (Lipinski definition) is 0. The maximum absolute atomic E-state index is 11.9. The molecular formula is C25H36O2. The Labute approximate surface area is 164 Å². The maximum atomic E-state index is 11.9. The quantitative estimate of drug-likeness (QED) is 0.581. The number of carbonyl (C=O) groups excluding carboxylic acids is 1. The molecule has 3 fully saturated rings. The number of fused-ring (bicyclic) bond motifs is 6. The van der Waals surface area contributed by atoms with Crippen LogP contribution in [0.5, 0.6) is 0 Å². The van der Waals surface area contributed by atoms with E-state index in [0.717, 1.165) is 37.0 Å². The lowest BCUT2D eigenvalue weighted by atomic mass is 9.55. The molecule has 0 heterocycles. The van der Waals surface area contributed by atoms with Gasteiger partial charge in [0.15, 0.2) is 5.78 Å². The number of allylic oxidation sites excluding steroid dienone is 4. The molecule has 0 N–H and O–H groups in total. The number of hydrogen-bond acceptors (Lipinski definition) is 2. The summed E-state index contributed by atoms with van der Waals surface area (Å²) >= 11 is 0. The Morgan fingerprint density at radius 3 is 2.93 bits per heavy atom. The number of ether oxygens (including phenoxy) is 1. The van der Waals surface area contributed by atoms with Crippen LogP contribution in [0.25, 0.3) is 0 Å². The number of carbonyl (C=O) groups is 1. The zero-order valence-corrected chi connectivity index (χ0v) is 17.5. The molecule has 1 unspecified atom stereocenters. The minimum Gasteiger partial charge on any atom is -0.371 e. The highest BCUT2D eigenvalue weighted by atomic mass is 16.5. The summed E-state index contributed by atoms with van der Waals surface area (Å²) < 4.78 is 6.88. The van der Waals surface area contributed by atoms with Crippen molar-refractivity contribution in [1.82, 2.24) is 0 Å². The van der Waals surface area contributed by atoms with Gasteiger partial charge in [0, 0.05) is 11.8 Å². The van der Waals surface area contributed by atoms with E-state index in [9.17, 15) is 4.79 Å². The minimum atomic E-state index is 0.194. The van der Waals surface area contributed by atoms with Gasteiger partial charge >= 0.3 is 0 Å². The van der Waals surface area contributed by atoms with Gasteiger partial charge in [0.05, 0.1) is 11.7 Å². The van der Waals surface area contributed by atoms with Gasteiger partial charge in [-0.25, -0.2) is 0 Å². The van der Waals surface area contributed by atoms with Gasteiger partial charge < -0.3 is 4.74 Å². The molecule has 27 heavy (non-hydrogen) atoms. The van der Waals surface area contributed by atoms with Gasteiger partial charge in [0.2, 0.25) is 0 Å². The molecule has 0 aromatic heterocycles. The van der Waals surface area contributed by atoms with Crippen molar-refractivity contribution >= 4 is 5.78 Å². The Morgan fingerprint density at radius 2 is 2.11 bits per heavy atom. The van der Waals surface area contributed by atoms with Crippen LogP contribution >= 0.6 is 0 Å². The van der Waals surface area contributed by atoms with E-state index >= 15 is 0 Å². The van der Waals surface area contributed by atoms with E-state index in [4.69, 9.17) is 4.74 Å². The summed E-state index contributed by atoms with van der Waals surface area (Å²) in [6.07, 6.45) is 15.6. The standard InChI is InChI=1S/C25H36O2/c1-4-5-6-16(2)27-25-15-18(25)14-23-22-9-7-17-13-19(26)8-10-20(17)21(22)11-12-24(23,25)3/h13,16,18,22-23H,4-12,14-15H2,1-3H3/t16?,18-,22+,23-,24-,25-/m0/s1. The fourth-order valence-corrected chi connectivity index (χ4v) is 7.59. The average molecular weight is 369 g/mol. The van der Waals surface area contributed by atoms with Gasteiger partial charge in [-0.05, 0) is 93.3 Å². The van der Waals surface area contributed by atoms with Crippen LogP contribution in [0, 0.1) is 23.2 Å². The zero-order chi connectivity index (χ0) is 18.8. The fraction of sp³-hybridized carbons (Fsp3) is 0.800. The second-order valence-electron chi connectivity index (χ2n) is 10.4. The molecule has 5 aliphatic carbocycles. The molecule has 0 aliphatic heterocycles. The molecule has 3 saturated carbocycles. The van der Waals surface area contributed by atoms with Crippen molar-refractivity contribution in [1.29, 1.82) is 0 Å². The third kappa shape index (κ3) is 2.58. The first-order valence-electron chi connectivity index (χ1n) is 11.6. The van der Waals surface area contributed by atoms with Gasteiger partial charge in [-0.1, -0.05) is 32.3 Å². The summed E-state index contributed by atoms with van der Waals surface area (Å²) in [5.41, 5.74) is 5.30. The second kappa shape index (κ2) is 6.31. The molecule has 0 radical (unpaired) electrons. The Bertz CT molecular complexity index is 716. The van der Waals surface area contributed by atoms with Crippen molar-refractivity contribution in [3.63, 3.8) is 0 Å². The van der Waals surface area contributed by atoms with Crippen LogP contribution in [0.2, 0.25) is 0 Å². The van der Waals surface area contributed by atoms with E-state index in [2.05, 4.69) is 20.8 Å². The third-order valence-electron chi connectivity index (χ3n) is 9.05. The summed E-state index contributed by atoms with van der Waals surface area (Å²) in [6, 6.07) is 0. The van der Waals surface area contributed by atoms with E-state index in [1.54, 1.807) is 11.1 Å². The molecule has 0 aromatic rings. The van der Waals surface area contributed by atoms with Crippen LogP contribution in [0.4, 0.5) is 0 Å².